The summed E-state index contributed by atoms with van der Waals surface area (Å²) in [5.41, 5.74) is 0.591. The zero-order valence-electron chi connectivity index (χ0n) is 8.35. The summed E-state index contributed by atoms with van der Waals surface area (Å²) < 4.78 is 0. The van der Waals surface area contributed by atoms with Gasteiger partial charge in [-0.2, -0.15) is 0 Å². The van der Waals surface area contributed by atoms with Crippen molar-refractivity contribution in [1.29, 1.82) is 0 Å². The Morgan fingerprint density at radius 2 is 2.00 bits per heavy atom. The number of carboxylic acid groups (broad SMARTS) is 1. The topological polar surface area (TPSA) is 37.3 Å². The van der Waals surface area contributed by atoms with E-state index in [1.54, 1.807) is 6.92 Å². The van der Waals surface area contributed by atoms with E-state index in [9.17, 15) is 4.79 Å². The molecule has 0 aliphatic heterocycles. The molecule has 1 N–H and O–H groups in total. The Kier molecular flexibility index (Phi) is 4.01. The van der Waals surface area contributed by atoms with Crippen LogP contribution in [0.2, 0.25) is 0 Å². The molecule has 1 unspecified atom stereocenters. The molecule has 0 amide bonds. The number of carboxylic acids is 1. The monoisotopic (exact) mass is 170 g/mol. The molecule has 0 aliphatic carbocycles. The molecule has 0 aromatic rings. The van der Waals surface area contributed by atoms with E-state index < -0.39 is 11.4 Å². The molecule has 0 bridgehead atoms. The maximum atomic E-state index is 10.8. The van der Waals surface area contributed by atoms with Crippen LogP contribution >= 0.6 is 0 Å². The quantitative estimate of drug-likeness (QED) is 0.659. The highest BCUT2D eigenvalue weighted by atomic mass is 16.4. The number of carbonyl (C=O) groups is 1. The first-order valence-corrected chi connectivity index (χ1v) is 4.29. The maximum Gasteiger partial charge on any atom is 0.309 e. The van der Waals surface area contributed by atoms with Crippen molar-refractivity contribution in [3.8, 4) is 0 Å². The second kappa shape index (κ2) is 4.29. The second-order valence-corrected chi connectivity index (χ2v) is 3.70. The summed E-state index contributed by atoms with van der Waals surface area (Å²) in [4.78, 5) is 10.8. The lowest BCUT2D eigenvalue weighted by Gasteiger charge is -2.20. The third kappa shape index (κ3) is 3.07. The van der Waals surface area contributed by atoms with Crippen molar-refractivity contribution in [2.45, 2.75) is 40.5 Å². The lowest BCUT2D eigenvalue weighted by atomic mass is 9.83. The van der Waals surface area contributed by atoms with Gasteiger partial charge in [0.05, 0.1) is 5.41 Å². The van der Waals surface area contributed by atoms with Gasteiger partial charge in [-0.15, -0.1) is 0 Å². The van der Waals surface area contributed by atoms with Crippen molar-refractivity contribution in [1.82, 2.24) is 0 Å². The molecule has 0 aliphatic rings. The summed E-state index contributed by atoms with van der Waals surface area (Å²) in [6, 6.07) is 0. The van der Waals surface area contributed by atoms with Gasteiger partial charge in [-0.25, -0.2) is 0 Å². The Hall–Kier alpha value is -0.790. The molecule has 0 heterocycles. The van der Waals surface area contributed by atoms with Gasteiger partial charge in [-0.05, 0) is 33.6 Å². The standard InChI is InChI=1S/C10H18O2/c1-5-10(4,9(11)12)7-6-8(2)3/h6H,5,7H2,1-4H3,(H,11,12). The molecule has 0 rings (SSSR count). The van der Waals surface area contributed by atoms with Gasteiger partial charge < -0.3 is 5.11 Å². The molecule has 0 saturated heterocycles. The summed E-state index contributed by atoms with van der Waals surface area (Å²) in [6.07, 6.45) is 3.28. The first kappa shape index (κ1) is 11.2. The van der Waals surface area contributed by atoms with E-state index in [2.05, 4.69) is 0 Å². The van der Waals surface area contributed by atoms with E-state index in [0.717, 1.165) is 0 Å². The average molecular weight is 170 g/mol. The normalized spacial score (nSPS) is 15.0. The lowest BCUT2D eigenvalue weighted by Crippen LogP contribution is -2.25. The summed E-state index contributed by atoms with van der Waals surface area (Å²) in [6.45, 7) is 7.66. The summed E-state index contributed by atoms with van der Waals surface area (Å²) in [7, 11) is 0. The molecule has 0 aromatic heterocycles. The van der Waals surface area contributed by atoms with Crippen molar-refractivity contribution < 1.29 is 9.90 Å². The summed E-state index contributed by atoms with van der Waals surface area (Å²) in [5, 5.41) is 8.92. The summed E-state index contributed by atoms with van der Waals surface area (Å²) in [5.74, 6) is -0.706. The average Bonchev–Trinajstić information content (AvgIpc) is 1.99. The van der Waals surface area contributed by atoms with E-state index in [-0.39, 0.29) is 0 Å². The van der Waals surface area contributed by atoms with E-state index in [4.69, 9.17) is 5.11 Å². The molecule has 0 fully saturated rings. The highest BCUT2D eigenvalue weighted by Gasteiger charge is 2.29. The Bertz CT molecular complexity index is 190. The Morgan fingerprint density at radius 3 is 2.25 bits per heavy atom. The number of hydrogen-bond donors (Lipinski definition) is 1. The minimum Gasteiger partial charge on any atom is -0.481 e. The molecule has 0 radical (unpaired) electrons. The van der Waals surface area contributed by atoms with Crippen LogP contribution in [0.15, 0.2) is 11.6 Å². The molecular weight excluding hydrogens is 152 g/mol. The highest BCUT2D eigenvalue weighted by Crippen LogP contribution is 2.26. The van der Waals surface area contributed by atoms with Crippen molar-refractivity contribution in [3.05, 3.63) is 11.6 Å². The maximum absolute atomic E-state index is 10.8. The van der Waals surface area contributed by atoms with Crippen LogP contribution in [0.1, 0.15) is 40.5 Å². The second-order valence-electron chi connectivity index (χ2n) is 3.70. The van der Waals surface area contributed by atoms with Gasteiger partial charge in [0.1, 0.15) is 0 Å². The number of allylic oxidation sites excluding steroid dienone is 2. The molecule has 12 heavy (non-hydrogen) atoms. The van der Waals surface area contributed by atoms with Crippen molar-refractivity contribution in [3.63, 3.8) is 0 Å². The Labute approximate surface area is 74.3 Å². The fourth-order valence-corrected chi connectivity index (χ4v) is 0.812. The van der Waals surface area contributed by atoms with Gasteiger partial charge >= 0.3 is 5.97 Å². The van der Waals surface area contributed by atoms with Crippen LogP contribution in [0.3, 0.4) is 0 Å². The SMILES string of the molecule is CCC(C)(CC=C(C)C)C(=O)O. The van der Waals surface area contributed by atoms with Gasteiger partial charge in [0.25, 0.3) is 0 Å². The van der Waals surface area contributed by atoms with Gasteiger partial charge in [-0.1, -0.05) is 18.6 Å². The van der Waals surface area contributed by atoms with Crippen LogP contribution in [0, 0.1) is 5.41 Å². The smallest absolute Gasteiger partial charge is 0.309 e. The number of aliphatic carboxylic acids is 1. The third-order valence-corrected chi connectivity index (χ3v) is 2.26. The Morgan fingerprint density at radius 1 is 1.50 bits per heavy atom. The molecule has 2 nitrogen and oxygen atoms in total. The van der Waals surface area contributed by atoms with Crippen molar-refractivity contribution >= 4 is 5.97 Å². The largest absolute Gasteiger partial charge is 0.481 e. The number of rotatable bonds is 4. The van der Waals surface area contributed by atoms with Gasteiger partial charge in [0, 0.05) is 0 Å². The van der Waals surface area contributed by atoms with Crippen LogP contribution in [-0.2, 0) is 4.79 Å². The zero-order chi connectivity index (χ0) is 9.78. The van der Waals surface area contributed by atoms with Gasteiger partial charge in [0.15, 0.2) is 0 Å². The van der Waals surface area contributed by atoms with E-state index in [1.165, 1.54) is 5.57 Å². The molecule has 0 saturated carbocycles. The highest BCUT2D eigenvalue weighted by molar-refractivity contribution is 5.74. The first-order valence-electron chi connectivity index (χ1n) is 4.29. The minimum atomic E-state index is -0.706. The van der Waals surface area contributed by atoms with E-state index in [1.807, 2.05) is 26.8 Å². The number of hydrogen-bond acceptors (Lipinski definition) is 1. The van der Waals surface area contributed by atoms with Crippen molar-refractivity contribution in [2.75, 3.05) is 0 Å². The Balaban J connectivity index is 4.35. The fourth-order valence-electron chi connectivity index (χ4n) is 0.812. The summed E-state index contributed by atoms with van der Waals surface area (Å²) >= 11 is 0. The molecule has 0 aromatic carbocycles. The molecule has 70 valence electrons. The van der Waals surface area contributed by atoms with Crippen LogP contribution in [0.5, 0.6) is 0 Å². The molecule has 1 atom stereocenters. The zero-order valence-corrected chi connectivity index (χ0v) is 8.35. The predicted molar refractivity (Wildman–Crippen MR) is 50.1 cm³/mol. The molecule has 2 heteroatoms. The van der Waals surface area contributed by atoms with Crippen LogP contribution in [0.25, 0.3) is 0 Å². The van der Waals surface area contributed by atoms with E-state index >= 15 is 0 Å². The van der Waals surface area contributed by atoms with Crippen LogP contribution in [-0.4, -0.2) is 11.1 Å². The van der Waals surface area contributed by atoms with Crippen LogP contribution in [0.4, 0.5) is 0 Å². The lowest BCUT2D eigenvalue weighted by molar-refractivity contribution is -0.147. The fraction of sp³-hybridized carbons (Fsp3) is 0.700. The predicted octanol–water partition coefficient (Wildman–Crippen LogP) is 2.84. The van der Waals surface area contributed by atoms with E-state index in [0.29, 0.717) is 12.8 Å². The van der Waals surface area contributed by atoms with Crippen LogP contribution < -0.4 is 0 Å². The molecular formula is C10H18O2. The van der Waals surface area contributed by atoms with Gasteiger partial charge in [0.2, 0.25) is 0 Å². The first-order chi connectivity index (χ1) is 5.42. The minimum absolute atomic E-state index is 0.586. The van der Waals surface area contributed by atoms with Crippen molar-refractivity contribution in [2.24, 2.45) is 5.41 Å². The third-order valence-electron chi connectivity index (χ3n) is 2.26. The molecule has 0 spiro atoms. The van der Waals surface area contributed by atoms with Gasteiger partial charge in [-0.3, -0.25) is 4.79 Å².